The molecule has 0 atom stereocenters. The van der Waals surface area contributed by atoms with Gasteiger partial charge in [-0.05, 0) is 42.8 Å². The van der Waals surface area contributed by atoms with E-state index in [1.54, 1.807) is 6.33 Å². The third-order valence-corrected chi connectivity index (χ3v) is 4.02. The Bertz CT molecular complexity index is 789. The van der Waals surface area contributed by atoms with Gasteiger partial charge in [-0.2, -0.15) is 0 Å². The Balaban J connectivity index is 2.11. The van der Waals surface area contributed by atoms with Crippen LogP contribution in [0.2, 0.25) is 5.02 Å². The molecule has 20 heavy (non-hydrogen) atoms. The Hall–Kier alpha value is -1.65. The van der Waals surface area contributed by atoms with Gasteiger partial charge >= 0.3 is 0 Å². The van der Waals surface area contributed by atoms with E-state index in [-0.39, 0.29) is 0 Å². The van der Waals surface area contributed by atoms with Crippen LogP contribution in [0.4, 0.5) is 11.5 Å². The molecule has 0 bridgehead atoms. The molecule has 0 spiro atoms. The minimum atomic E-state index is 0.731. The van der Waals surface area contributed by atoms with E-state index in [1.165, 1.54) is 0 Å². The highest BCUT2D eigenvalue weighted by Crippen LogP contribution is 2.29. The van der Waals surface area contributed by atoms with Crippen molar-refractivity contribution in [3.8, 4) is 0 Å². The van der Waals surface area contributed by atoms with E-state index in [0.29, 0.717) is 0 Å². The van der Waals surface area contributed by atoms with Crippen LogP contribution in [-0.4, -0.2) is 9.97 Å². The molecule has 0 aliphatic heterocycles. The lowest BCUT2D eigenvalue weighted by Gasteiger charge is -2.11. The number of halogens is 2. The van der Waals surface area contributed by atoms with Crippen LogP contribution >= 0.6 is 27.5 Å². The van der Waals surface area contributed by atoms with Crippen molar-refractivity contribution in [3.05, 3.63) is 57.8 Å². The summed E-state index contributed by atoms with van der Waals surface area (Å²) in [7, 11) is 0. The molecule has 0 saturated carbocycles. The van der Waals surface area contributed by atoms with Gasteiger partial charge in [-0.15, -0.1) is 0 Å². The predicted octanol–water partition coefficient (Wildman–Crippen LogP) is 5.10. The molecule has 1 aromatic heterocycles. The summed E-state index contributed by atoms with van der Waals surface area (Å²) in [6, 6.07) is 11.7. The average Bonchev–Trinajstić information content (AvgIpc) is 2.44. The first-order valence-corrected chi connectivity index (χ1v) is 7.24. The minimum Gasteiger partial charge on any atom is -0.339 e. The summed E-state index contributed by atoms with van der Waals surface area (Å²) < 4.78 is 0.991. The molecule has 0 unspecified atom stereocenters. The molecule has 3 aromatic rings. The SMILES string of the molecule is Cc1c(Cl)cccc1Nc1ncnc2ccc(Br)cc12. The van der Waals surface area contributed by atoms with Crippen LogP contribution < -0.4 is 5.32 Å². The van der Waals surface area contributed by atoms with Gasteiger partial charge in [-0.3, -0.25) is 0 Å². The van der Waals surface area contributed by atoms with Gasteiger partial charge in [0.25, 0.3) is 0 Å². The largest absolute Gasteiger partial charge is 0.339 e. The summed E-state index contributed by atoms with van der Waals surface area (Å²) in [4.78, 5) is 8.59. The number of nitrogens with zero attached hydrogens (tertiary/aromatic N) is 2. The van der Waals surface area contributed by atoms with Gasteiger partial charge in [0.05, 0.1) is 5.52 Å². The zero-order valence-corrected chi connectivity index (χ0v) is 13.0. The first-order chi connectivity index (χ1) is 9.65. The molecular weight excluding hydrogens is 338 g/mol. The highest BCUT2D eigenvalue weighted by atomic mass is 79.9. The molecule has 5 heteroatoms. The van der Waals surface area contributed by atoms with E-state index in [9.17, 15) is 0 Å². The third-order valence-electron chi connectivity index (χ3n) is 3.12. The van der Waals surface area contributed by atoms with Crippen molar-refractivity contribution in [1.29, 1.82) is 0 Å². The van der Waals surface area contributed by atoms with Gasteiger partial charge in [-0.1, -0.05) is 33.6 Å². The highest BCUT2D eigenvalue weighted by Gasteiger charge is 2.07. The molecule has 0 radical (unpaired) electrons. The number of hydrogen-bond acceptors (Lipinski definition) is 3. The summed E-state index contributed by atoms with van der Waals surface area (Å²) in [5.74, 6) is 0.765. The minimum absolute atomic E-state index is 0.731. The van der Waals surface area contributed by atoms with E-state index >= 15 is 0 Å². The number of anilines is 2. The zero-order chi connectivity index (χ0) is 14.1. The fourth-order valence-electron chi connectivity index (χ4n) is 2.00. The van der Waals surface area contributed by atoms with Gasteiger partial charge in [0.2, 0.25) is 0 Å². The zero-order valence-electron chi connectivity index (χ0n) is 10.7. The molecule has 3 nitrogen and oxygen atoms in total. The lowest BCUT2D eigenvalue weighted by Crippen LogP contribution is -1.98. The second-order valence-electron chi connectivity index (χ2n) is 4.42. The first kappa shape index (κ1) is 13.3. The van der Waals surface area contributed by atoms with Crippen LogP contribution in [0.3, 0.4) is 0 Å². The van der Waals surface area contributed by atoms with Crippen molar-refractivity contribution in [2.75, 3.05) is 5.32 Å². The summed E-state index contributed by atoms with van der Waals surface area (Å²) >= 11 is 9.62. The van der Waals surface area contributed by atoms with E-state index < -0.39 is 0 Å². The predicted molar refractivity (Wildman–Crippen MR) is 86.7 cm³/mol. The molecule has 0 fully saturated rings. The van der Waals surface area contributed by atoms with Crippen LogP contribution in [0.5, 0.6) is 0 Å². The monoisotopic (exact) mass is 347 g/mol. The Labute approximate surface area is 130 Å². The maximum Gasteiger partial charge on any atom is 0.141 e. The van der Waals surface area contributed by atoms with Crippen LogP contribution in [0, 0.1) is 6.92 Å². The van der Waals surface area contributed by atoms with Crippen LogP contribution in [0.15, 0.2) is 47.2 Å². The lowest BCUT2D eigenvalue weighted by atomic mass is 10.2. The Morgan fingerprint density at radius 3 is 2.85 bits per heavy atom. The molecular formula is C15H11BrClN3. The second kappa shape index (κ2) is 5.38. The normalized spacial score (nSPS) is 10.8. The molecule has 0 amide bonds. The third kappa shape index (κ3) is 2.49. The van der Waals surface area contributed by atoms with Crippen molar-refractivity contribution < 1.29 is 0 Å². The van der Waals surface area contributed by atoms with Crippen molar-refractivity contribution >= 4 is 49.9 Å². The standard InChI is InChI=1S/C15H11BrClN3/c1-9-12(17)3-2-4-13(9)20-15-11-7-10(16)5-6-14(11)18-8-19-15/h2-8H,1H3,(H,18,19,20). The molecule has 0 aliphatic rings. The van der Waals surface area contributed by atoms with Gasteiger partial charge in [0, 0.05) is 20.6 Å². The first-order valence-electron chi connectivity index (χ1n) is 6.07. The topological polar surface area (TPSA) is 37.8 Å². The average molecular weight is 349 g/mol. The maximum absolute atomic E-state index is 6.14. The molecule has 3 rings (SSSR count). The molecule has 1 heterocycles. The Kier molecular flexibility index (Phi) is 3.59. The van der Waals surface area contributed by atoms with Crippen LogP contribution in [0.1, 0.15) is 5.56 Å². The molecule has 0 saturated heterocycles. The highest BCUT2D eigenvalue weighted by molar-refractivity contribution is 9.10. The van der Waals surface area contributed by atoms with Gasteiger partial charge in [-0.25, -0.2) is 9.97 Å². The van der Waals surface area contributed by atoms with Gasteiger partial charge in [0.15, 0.2) is 0 Å². The van der Waals surface area contributed by atoms with E-state index in [2.05, 4.69) is 31.2 Å². The number of hydrogen-bond donors (Lipinski definition) is 1. The number of fused-ring (bicyclic) bond motifs is 1. The molecule has 100 valence electrons. The number of benzene rings is 2. The fraction of sp³-hybridized carbons (Fsp3) is 0.0667. The quantitative estimate of drug-likeness (QED) is 0.700. The summed E-state index contributed by atoms with van der Waals surface area (Å²) in [5.41, 5.74) is 2.83. The molecule has 0 aliphatic carbocycles. The van der Waals surface area contributed by atoms with Crippen LogP contribution in [-0.2, 0) is 0 Å². The number of nitrogens with one attached hydrogen (secondary N) is 1. The molecule has 1 N–H and O–H groups in total. The van der Waals surface area contributed by atoms with Crippen molar-refractivity contribution in [2.24, 2.45) is 0 Å². The van der Waals surface area contributed by atoms with Crippen molar-refractivity contribution in [1.82, 2.24) is 9.97 Å². The Morgan fingerprint density at radius 2 is 2.00 bits per heavy atom. The summed E-state index contributed by atoms with van der Waals surface area (Å²) in [6.07, 6.45) is 1.55. The van der Waals surface area contributed by atoms with Crippen molar-refractivity contribution in [3.63, 3.8) is 0 Å². The van der Waals surface area contributed by atoms with E-state index in [1.807, 2.05) is 43.3 Å². The smallest absolute Gasteiger partial charge is 0.141 e. The fourth-order valence-corrected chi connectivity index (χ4v) is 2.53. The number of aromatic nitrogens is 2. The maximum atomic E-state index is 6.14. The van der Waals surface area contributed by atoms with Gasteiger partial charge < -0.3 is 5.32 Å². The van der Waals surface area contributed by atoms with Gasteiger partial charge in [0.1, 0.15) is 12.1 Å². The second-order valence-corrected chi connectivity index (χ2v) is 5.74. The van der Waals surface area contributed by atoms with Crippen molar-refractivity contribution in [2.45, 2.75) is 6.92 Å². The Morgan fingerprint density at radius 1 is 1.15 bits per heavy atom. The van der Waals surface area contributed by atoms with E-state index in [0.717, 1.165) is 37.5 Å². The summed E-state index contributed by atoms with van der Waals surface area (Å²) in [6.45, 7) is 1.98. The molecule has 2 aromatic carbocycles. The summed E-state index contributed by atoms with van der Waals surface area (Å²) in [5, 5.41) is 5.02. The van der Waals surface area contributed by atoms with E-state index in [4.69, 9.17) is 11.6 Å². The lowest BCUT2D eigenvalue weighted by molar-refractivity contribution is 1.21. The number of rotatable bonds is 2. The van der Waals surface area contributed by atoms with Crippen LogP contribution in [0.25, 0.3) is 10.9 Å².